The first-order valence-electron chi connectivity index (χ1n) is 6.61. The minimum absolute atomic E-state index is 0.510. The Hall–Kier alpha value is -0.120. The topological polar surface area (TPSA) is 24.5 Å². The van der Waals surface area contributed by atoms with Crippen LogP contribution in [0.15, 0.2) is 0 Å². The summed E-state index contributed by atoms with van der Waals surface area (Å²) in [6.45, 7) is 8.86. The molecule has 0 amide bonds. The lowest BCUT2D eigenvalue weighted by Gasteiger charge is -2.47. The van der Waals surface area contributed by atoms with E-state index in [0.717, 1.165) is 26.3 Å². The van der Waals surface area contributed by atoms with Crippen LogP contribution in [0.3, 0.4) is 0 Å². The van der Waals surface area contributed by atoms with Crippen LogP contribution in [0.4, 0.5) is 0 Å². The molecule has 2 fully saturated rings. The fourth-order valence-corrected chi connectivity index (χ4v) is 3.18. The molecule has 0 bridgehead atoms. The van der Waals surface area contributed by atoms with Crippen LogP contribution in [0.1, 0.15) is 33.1 Å². The van der Waals surface area contributed by atoms with Gasteiger partial charge in [-0.1, -0.05) is 13.8 Å². The molecule has 1 aliphatic heterocycles. The van der Waals surface area contributed by atoms with E-state index in [2.05, 4.69) is 31.1 Å². The summed E-state index contributed by atoms with van der Waals surface area (Å²) in [5.41, 5.74) is 0.510. The summed E-state index contributed by atoms with van der Waals surface area (Å²) in [4.78, 5) is 2.63. The summed E-state index contributed by atoms with van der Waals surface area (Å²) < 4.78 is 5.45. The van der Waals surface area contributed by atoms with Gasteiger partial charge < -0.3 is 10.1 Å². The fourth-order valence-electron chi connectivity index (χ4n) is 3.18. The first kappa shape index (κ1) is 12.3. The Labute approximate surface area is 99.5 Å². The molecule has 1 heterocycles. The van der Waals surface area contributed by atoms with Crippen molar-refractivity contribution in [2.75, 3.05) is 33.4 Å². The molecular weight excluding hydrogens is 200 g/mol. The van der Waals surface area contributed by atoms with Crippen molar-refractivity contribution in [3.05, 3.63) is 0 Å². The zero-order valence-corrected chi connectivity index (χ0v) is 11.0. The highest BCUT2D eigenvalue weighted by Gasteiger charge is 2.37. The number of hydrogen-bond donors (Lipinski definition) is 1. The number of rotatable bonds is 2. The van der Waals surface area contributed by atoms with Crippen molar-refractivity contribution in [1.29, 1.82) is 0 Å². The van der Waals surface area contributed by atoms with Gasteiger partial charge in [-0.25, -0.2) is 0 Å². The SMILES string of the molecule is CNC1CCC(C)(C)CC1N1CCOCC1. The van der Waals surface area contributed by atoms with Crippen molar-refractivity contribution in [3.63, 3.8) is 0 Å². The van der Waals surface area contributed by atoms with E-state index < -0.39 is 0 Å². The Bertz CT molecular complexity index is 224. The zero-order chi connectivity index (χ0) is 11.6. The lowest BCUT2D eigenvalue weighted by atomic mass is 9.72. The number of morpholine rings is 1. The van der Waals surface area contributed by atoms with Crippen molar-refractivity contribution in [3.8, 4) is 0 Å². The van der Waals surface area contributed by atoms with Gasteiger partial charge in [0.25, 0.3) is 0 Å². The van der Waals surface area contributed by atoms with Crippen LogP contribution < -0.4 is 5.32 Å². The van der Waals surface area contributed by atoms with E-state index in [4.69, 9.17) is 4.74 Å². The molecule has 1 saturated heterocycles. The molecule has 1 aliphatic carbocycles. The van der Waals surface area contributed by atoms with Crippen LogP contribution in [0.5, 0.6) is 0 Å². The van der Waals surface area contributed by atoms with Crippen molar-refractivity contribution in [2.24, 2.45) is 5.41 Å². The van der Waals surface area contributed by atoms with E-state index in [0.29, 0.717) is 17.5 Å². The molecule has 1 saturated carbocycles. The standard InChI is InChI=1S/C13H26N2O/c1-13(2)5-4-11(14-3)12(10-13)15-6-8-16-9-7-15/h11-12,14H,4-10H2,1-3H3. The third-order valence-corrected chi connectivity index (χ3v) is 4.24. The third kappa shape index (κ3) is 2.76. The van der Waals surface area contributed by atoms with Gasteiger partial charge in [0.15, 0.2) is 0 Å². The summed E-state index contributed by atoms with van der Waals surface area (Å²) in [7, 11) is 2.11. The predicted octanol–water partition coefficient (Wildman–Crippen LogP) is 1.49. The van der Waals surface area contributed by atoms with Crippen molar-refractivity contribution < 1.29 is 4.74 Å². The number of nitrogens with zero attached hydrogens (tertiary/aromatic N) is 1. The molecule has 3 heteroatoms. The van der Waals surface area contributed by atoms with Crippen LogP contribution >= 0.6 is 0 Å². The van der Waals surface area contributed by atoms with Gasteiger partial charge in [0.05, 0.1) is 13.2 Å². The molecule has 2 atom stereocenters. The van der Waals surface area contributed by atoms with E-state index in [1.807, 2.05) is 0 Å². The van der Waals surface area contributed by atoms with E-state index in [-0.39, 0.29) is 0 Å². The highest BCUT2D eigenvalue weighted by molar-refractivity contribution is 4.94. The molecule has 0 radical (unpaired) electrons. The average Bonchev–Trinajstić information content (AvgIpc) is 2.29. The maximum atomic E-state index is 5.45. The van der Waals surface area contributed by atoms with E-state index in [1.165, 1.54) is 19.3 Å². The zero-order valence-electron chi connectivity index (χ0n) is 11.0. The van der Waals surface area contributed by atoms with Gasteiger partial charge in [-0.2, -0.15) is 0 Å². The summed E-state index contributed by atoms with van der Waals surface area (Å²) in [5.74, 6) is 0. The summed E-state index contributed by atoms with van der Waals surface area (Å²) in [6, 6.07) is 1.38. The smallest absolute Gasteiger partial charge is 0.0594 e. The molecule has 94 valence electrons. The highest BCUT2D eigenvalue weighted by atomic mass is 16.5. The Balaban J connectivity index is 2.01. The van der Waals surface area contributed by atoms with Gasteiger partial charge in [-0.3, -0.25) is 4.90 Å². The molecule has 1 N–H and O–H groups in total. The third-order valence-electron chi connectivity index (χ3n) is 4.24. The predicted molar refractivity (Wildman–Crippen MR) is 66.7 cm³/mol. The molecule has 0 aromatic carbocycles. The Morgan fingerprint density at radius 3 is 2.56 bits per heavy atom. The number of likely N-dealkylation sites (N-methyl/N-ethyl adjacent to an activating group) is 1. The summed E-state index contributed by atoms with van der Waals surface area (Å²) >= 11 is 0. The molecule has 16 heavy (non-hydrogen) atoms. The molecule has 0 aromatic heterocycles. The largest absolute Gasteiger partial charge is 0.379 e. The van der Waals surface area contributed by atoms with Gasteiger partial charge in [0, 0.05) is 25.2 Å². The van der Waals surface area contributed by atoms with Crippen LogP contribution in [-0.2, 0) is 4.74 Å². The lowest BCUT2D eigenvalue weighted by molar-refractivity contribution is -0.0156. The minimum atomic E-state index is 0.510. The van der Waals surface area contributed by atoms with Crippen LogP contribution in [0.2, 0.25) is 0 Å². The van der Waals surface area contributed by atoms with E-state index in [1.54, 1.807) is 0 Å². The van der Waals surface area contributed by atoms with Gasteiger partial charge in [-0.15, -0.1) is 0 Å². The second-order valence-corrected chi connectivity index (χ2v) is 6.02. The lowest BCUT2D eigenvalue weighted by Crippen LogP contribution is -2.56. The van der Waals surface area contributed by atoms with Crippen molar-refractivity contribution >= 4 is 0 Å². The molecule has 0 aromatic rings. The number of ether oxygens (including phenoxy) is 1. The van der Waals surface area contributed by atoms with Crippen molar-refractivity contribution in [1.82, 2.24) is 10.2 Å². The molecule has 2 unspecified atom stereocenters. The normalized spacial score (nSPS) is 36.2. The second-order valence-electron chi connectivity index (χ2n) is 6.02. The van der Waals surface area contributed by atoms with Gasteiger partial charge >= 0.3 is 0 Å². The first-order valence-corrected chi connectivity index (χ1v) is 6.61. The monoisotopic (exact) mass is 226 g/mol. The Kier molecular flexibility index (Phi) is 3.88. The Morgan fingerprint density at radius 1 is 1.25 bits per heavy atom. The molecule has 3 nitrogen and oxygen atoms in total. The van der Waals surface area contributed by atoms with Crippen LogP contribution in [0.25, 0.3) is 0 Å². The highest BCUT2D eigenvalue weighted by Crippen LogP contribution is 2.37. The van der Waals surface area contributed by atoms with Crippen LogP contribution in [-0.4, -0.2) is 50.3 Å². The molecular formula is C13H26N2O. The van der Waals surface area contributed by atoms with Crippen LogP contribution in [0, 0.1) is 5.41 Å². The van der Waals surface area contributed by atoms with Crippen molar-refractivity contribution in [2.45, 2.75) is 45.2 Å². The molecule has 0 spiro atoms. The van der Waals surface area contributed by atoms with E-state index in [9.17, 15) is 0 Å². The van der Waals surface area contributed by atoms with Gasteiger partial charge in [0.1, 0.15) is 0 Å². The number of nitrogens with one attached hydrogen (secondary N) is 1. The van der Waals surface area contributed by atoms with Gasteiger partial charge in [-0.05, 0) is 31.7 Å². The fraction of sp³-hybridized carbons (Fsp3) is 1.00. The van der Waals surface area contributed by atoms with Gasteiger partial charge in [0.2, 0.25) is 0 Å². The summed E-state index contributed by atoms with van der Waals surface area (Å²) in [6.07, 6.45) is 3.98. The second kappa shape index (κ2) is 5.03. The molecule has 2 aliphatic rings. The first-order chi connectivity index (χ1) is 7.62. The number of hydrogen-bond acceptors (Lipinski definition) is 3. The Morgan fingerprint density at radius 2 is 1.94 bits per heavy atom. The minimum Gasteiger partial charge on any atom is -0.379 e. The average molecular weight is 226 g/mol. The maximum Gasteiger partial charge on any atom is 0.0594 e. The summed E-state index contributed by atoms with van der Waals surface area (Å²) in [5, 5.41) is 3.51. The molecule has 2 rings (SSSR count). The van der Waals surface area contributed by atoms with E-state index >= 15 is 0 Å². The quantitative estimate of drug-likeness (QED) is 0.772. The maximum absolute atomic E-state index is 5.45.